The van der Waals surface area contributed by atoms with Crippen molar-refractivity contribution in [1.82, 2.24) is 10.1 Å². The summed E-state index contributed by atoms with van der Waals surface area (Å²) in [5.41, 5.74) is 1.29. The smallest absolute Gasteiger partial charge is 0.207 e. The van der Waals surface area contributed by atoms with E-state index in [2.05, 4.69) is 10.1 Å². The second-order valence-corrected chi connectivity index (χ2v) is 9.14. The fourth-order valence-corrected chi connectivity index (χ4v) is 5.69. The molecule has 2 saturated heterocycles. The average Bonchev–Trinajstić information content (AvgIpc) is 3.41. The molecule has 2 aliphatic rings. The molecule has 202 valence electrons. The van der Waals surface area contributed by atoms with Crippen molar-refractivity contribution in [2.45, 2.75) is 63.3 Å². The molecule has 0 saturated carbocycles. The molecule has 1 aromatic heterocycles. The van der Waals surface area contributed by atoms with Crippen molar-refractivity contribution >= 4 is 23.4 Å². The standard InChI is InChI=1S/C25H25F5N2O4.ClH/c1-4-15(24-14-9-17(33-2)18(34-3)10-16(14)36-31-24)32-11-5-6-12(32)8-13(7-11)35-25-22(29)20(27)19(26)21(28)23(25)30;/h9-13,15H,4-8H2,1-3H3;1H/t11-,12+,13?,15?;. The van der Waals surface area contributed by atoms with Crippen molar-refractivity contribution in [3.8, 4) is 17.2 Å². The van der Waals surface area contributed by atoms with E-state index in [0.717, 1.165) is 23.9 Å². The molecule has 0 radical (unpaired) electrons. The number of fused-ring (bicyclic) bond motifs is 3. The Morgan fingerprint density at radius 3 is 2.00 bits per heavy atom. The van der Waals surface area contributed by atoms with Gasteiger partial charge in [0, 0.05) is 18.2 Å². The molecule has 4 atom stereocenters. The van der Waals surface area contributed by atoms with Crippen molar-refractivity contribution in [3.63, 3.8) is 0 Å². The fourth-order valence-electron chi connectivity index (χ4n) is 5.69. The van der Waals surface area contributed by atoms with Gasteiger partial charge in [-0.3, -0.25) is 4.90 Å². The first-order chi connectivity index (χ1) is 17.3. The highest BCUT2D eigenvalue weighted by Crippen LogP contribution is 2.46. The largest absolute Gasteiger partial charge is 0.493 e. The predicted molar refractivity (Wildman–Crippen MR) is 126 cm³/mol. The average molecular weight is 549 g/mol. The number of nitrogens with zero attached hydrogens (tertiary/aromatic N) is 2. The van der Waals surface area contributed by atoms with Crippen LogP contribution in [0.3, 0.4) is 0 Å². The van der Waals surface area contributed by atoms with Gasteiger partial charge in [-0.05, 0) is 38.2 Å². The molecular weight excluding hydrogens is 523 g/mol. The van der Waals surface area contributed by atoms with Crippen LogP contribution in [0.2, 0.25) is 0 Å². The zero-order valence-corrected chi connectivity index (χ0v) is 21.1. The third kappa shape index (κ3) is 4.46. The summed E-state index contributed by atoms with van der Waals surface area (Å²) >= 11 is 0. The van der Waals surface area contributed by atoms with Gasteiger partial charge in [0.15, 0.2) is 22.8 Å². The molecule has 5 rings (SSSR count). The molecule has 0 amide bonds. The van der Waals surface area contributed by atoms with E-state index >= 15 is 0 Å². The third-order valence-electron chi connectivity index (χ3n) is 7.27. The maximum absolute atomic E-state index is 14.2. The van der Waals surface area contributed by atoms with Crippen LogP contribution in [0, 0.1) is 29.1 Å². The monoisotopic (exact) mass is 548 g/mol. The van der Waals surface area contributed by atoms with Crippen LogP contribution >= 0.6 is 12.4 Å². The molecule has 2 bridgehead atoms. The van der Waals surface area contributed by atoms with Crippen LogP contribution in [-0.4, -0.2) is 42.5 Å². The highest BCUT2D eigenvalue weighted by molar-refractivity contribution is 5.85. The number of hydrogen-bond donors (Lipinski definition) is 0. The van der Waals surface area contributed by atoms with Crippen LogP contribution in [0.5, 0.6) is 17.2 Å². The first-order valence-corrected chi connectivity index (χ1v) is 11.8. The quantitative estimate of drug-likeness (QED) is 0.191. The van der Waals surface area contributed by atoms with Gasteiger partial charge in [-0.1, -0.05) is 12.1 Å². The molecule has 3 heterocycles. The number of halogens is 6. The minimum Gasteiger partial charge on any atom is -0.493 e. The minimum atomic E-state index is -2.20. The van der Waals surface area contributed by atoms with Crippen LogP contribution < -0.4 is 14.2 Å². The number of benzene rings is 2. The number of piperidine rings is 1. The summed E-state index contributed by atoms with van der Waals surface area (Å²) in [5.74, 6) is -10.3. The minimum absolute atomic E-state index is 0. The van der Waals surface area contributed by atoms with Gasteiger partial charge in [0.25, 0.3) is 0 Å². The number of methoxy groups -OCH3 is 2. The molecule has 0 spiro atoms. The van der Waals surface area contributed by atoms with E-state index in [1.165, 1.54) is 7.11 Å². The van der Waals surface area contributed by atoms with Crippen LogP contribution in [0.25, 0.3) is 11.0 Å². The summed E-state index contributed by atoms with van der Waals surface area (Å²) in [6.07, 6.45) is 2.39. The Kier molecular flexibility index (Phi) is 7.75. The van der Waals surface area contributed by atoms with E-state index in [-0.39, 0.29) is 30.5 Å². The second-order valence-electron chi connectivity index (χ2n) is 9.14. The summed E-state index contributed by atoms with van der Waals surface area (Å²) in [4.78, 5) is 2.31. The van der Waals surface area contributed by atoms with Gasteiger partial charge in [0.2, 0.25) is 29.1 Å². The van der Waals surface area contributed by atoms with Gasteiger partial charge >= 0.3 is 0 Å². The molecular formula is C25H26ClF5N2O4. The lowest BCUT2D eigenvalue weighted by atomic mass is 9.94. The van der Waals surface area contributed by atoms with Gasteiger partial charge in [0.05, 0.1) is 25.6 Å². The summed E-state index contributed by atoms with van der Waals surface area (Å²) in [6.45, 7) is 2.03. The van der Waals surface area contributed by atoms with E-state index in [1.54, 1.807) is 13.2 Å². The molecule has 3 aromatic rings. The zero-order valence-electron chi connectivity index (χ0n) is 20.3. The lowest BCUT2D eigenvalue weighted by Crippen LogP contribution is -2.48. The highest BCUT2D eigenvalue weighted by Gasteiger charge is 2.46. The van der Waals surface area contributed by atoms with Crippen molar-refractivity contribution < 1.29 is 40.7 Å². The molecule has 12 heteroatoms. The maximum Gasteiger partial charge on any atom is 0.207 e. The Bertz CT molecular complexity index is 1260. The first kappa shape index (κ1) is 27.3. The molecule has 2 aliphatic heterocycles. The number of rotatable bonds is 7. The molecule has 37 heavy (non-hydrogen) atoms. The van der Waals surface area contributed by atoms with Crippen molar-refractivity contribution in [2.24, 2.45) is 0 Å². The molecule has 2 fully saturated rings. The SMILES string of the molecule is CCC(c1noc2cc(OC)c(OC)cc12)N1[C@@H]2CC[C@H]1CC(Oc1c(F)c(F)c(F)c(F)c1F)C2.Cl. The van der Waals surface area contributed by atoms with E-state index in [9.17, 15) is 22.0 Å². The van der Waals surface area contributed by atoms with Gasteiger partial charge in [-0.15, -0.1) is 12.4 Å². The number of aromatic nitrogens is 1. The van der Waals surface area contributed by atoms with Gasteiger partial charge in [-0.2, -0.15) is 8.78 Å². The predicted octanol–water partition coefficient (Wildman–Crippen LogP) is 6.49. The van der Waals surface area contributed by atoms with Gasteiger partial charge < -0.3 is 18.7 Å². The van der Waals surface area contributed by atoms with Crippen molar-refractivity contribution in [3.05, 3.63) is 46.9 Å². The van der Waals surface area contributed by atoms with E-state index in [4.69, 9.17) is 18.7 Å². The van der Waals surface area contributed by atoms with Crippen LogP contribution in [0.4, 0.5) is 22.0 Å². The Morgan fingerprint density at radius 1 is 0.919 bits per heavy atom. The molecule has 6 nitrogen and oxygen atoms in total. The Morgan fingerprint density at radius 2 is 1.46 bits per heavy atom. The van der Waals surface area contributed by atoms with Gasteiger partial charge in [0.1, 0.15) is 11.8 Å². The summed E-state index contributed by atoms with van der Waals surface area (Å²) in [5, 5.41) is 5.14. The lowest BCUT2D eigenvalue weighted by molar-refractivity contribution is 0.0141. The normalized spacial score (nSPS) is 22.1. The molecule has 0 N–H and O–H groups in total. The number of ether oxygens (including phenoxy) is 3. The molecule has 2 aromatic carbocycles. The van der Waals surface area contributed by atoms with E-state index < -0.39 is 40.9 Å². The summed E-state index contributed by atoms with van der Waals surface area (Å²) < 4.78 is 90.8. The zero-order chi connectivity index (χ0) is 25.7. The summed E-state index contributed by atoms with van der Waals surface area (Å²) in [7, 11) is 3.08. The fraction of sp³-hybridized carbons (Fsp3) is 0.480. The Hall–Kier alpha value is -2.79. The Labute approximate surface area is 216 Å². The molecule has 0 aliphatic carbocycles. The van der Waals surface area contributed by atoms with Crippen LogP contribution in [0.1, 0.15) is 50.8 Å². The topological polar surface area (TPSA) is 57.0 Å². The number of hydrogen-bond acceptors (Lipinski definition) is 6. The van der Waals surface area contributed by atoms with Crippen LogP contribution in [-0.2, 0) is 0 Å². The van der Waals surface area contributed by atoms with Gasteiger partial charge in [-0.25, -0.2) is 13.2 Å². The maximum atomic E-state index is 14.2. The van der Waals surface area contributed by atoms with Crippen LogP contribution in [0.15, 0.2) is 16.7 Å². The Balaban J connectivity index is 0.00000320. The van der Waals surface area contributed by atoms with Crippen molar-refractivity contribution in [1.29, 1.82) is 0 Å². The lowest BCUT2D eigenvalue weighted by Gasteiger charge is -2.42. The third-order valence-corrected chi connectivity index (χ3v) is 7.27. The first-order valence-electron chi connectivity index (χ1n) is 11.8. The highest BCUT2D eigenvalue weighted by atomic mass is 35.5. The summed E-state index contributed by atoms with van der Waals surface area (Å²) in [6, 6.07) is 3.38. The molecule has 2 unspecified atom stereocenters. The van der Waals surface area contributed by atoms with E-state index in [1.807, 2.05) is 13.0 Å². The second kappa shape index (κ2) is 10.5. The van der Waals surface area contributed by atoms with E-state index in [0.29, 0.717) is 36.3 Å². The van der Waals surface area contributed by atoms with Crippen molar-refractivity contribution in [2.75, 3.05) is 14.2 Å².